The first kappa shape index (κ1) is 27.9. The molecule has 2 nitrogen and oxygen atoms in total. The Hall–Kier alpha value is -6.16. The van der Waals surface area contributed by atoms with Gasteiger partial charge in [0.2, 0.25) is 0 Å². The van der Waals surface area contributed by atoms with Crippen LogP contribution in [0.1, 0.15) is 0 Å². The Labute approximate surface area is 288 Å². The monoisotopic (exact) mass is 642 g/mol. The number of para-hydroxylation sites is 3. The average Bonchev–Trinajstić information content (AvgIpc) is 3.72. The first-order valence-corrected chi connectivity index (χ1v) is 17.5. The Bertz CT molecular complexity index is 2810. The van der Waals surface area contributed by atoms with Crippen molar-refractivity contribution in [1.82, 2.24) is 4.57 Å². The maximum atomic E-state index is 2.44. The van der Waals surface area contributed by atoms with E-state index >= 15 is 0 Å². The number of anilines is 3. The van der Waals surface area contributed by atoms with Crippen molar-refractivity contribution in [2.24, 2.45) is 0 Å². The molecule has 10 rings (SSSR count). The van der Waals surface area contributed by atoms with Crippen LogP contribution < -0.4 is 4.90 Å². The van der Waals surface area contributed by atoms with Crippen LogP contribution in [0.5, 0.6) is 0 Å². The molecule has 0 aliphatic rings. The molecule has 0 unspecified atom stereocenters. The molecule has 3 heteroatoms. The fraction of sp³-hybridized carbons (Fsp3) is 0. The van der Waals surface area contributed by atoms with Gasteiger partial charge in [-0.3, -0.25) is 0 Å². The van der Waals surface area contributed by atoms with Gasteiger partial charge in [0.05, 0.1) is 16.7 Å². The van der Waals surface area contributed by atoms with E-state index in [9.17, 15) is 0 Å². The number of fused-ring (bicyclic) bond motifs is 8. The standard InChI is InChI=1S/C46H30N2S/c1-3-12-31(13-4-1)32-22-25-35(26-23-32)47(36-27-28-40-44(30-36)49-43-29-24-33-14-7-8-17-37(33)45(40)43)42-21-11-19-39-38-18-9-10-20-41(38)48(46(39)42)34-15-5-2-6-16-34/h1-30H. The largest absolute Gasteiger partial charge is 0.308 e. The van der Waals surface area contributed by atoms with Crippen molar-refractivity contribution in [2.75, 3.05) is 4.90 Å². The van der Waals surface area contributed by atoms with Gasteiger partial charge >= 0.3 is 0 Å². The molecule has 8 aromatic carbocycles. The van der Waals surface area contributed by atoms with Crippen LogP contribution in [-0.4, -0.2) is 4.57 Å². The van der Waals surface area contributed by atoms with Crippen molar-refractivity contribution >= 4 is 81.1 Å². The van der Waals surface area contributed by atoms with E-state index in [1.54, 1.807) is 0 Å². The van der Waals surface area contributed by atoms with E-state index in [1.165, 1.54) is 63.9 Å². The molecule has 0 amide bonds. The van der Waals surface area contributed by atoms with Gasteiger partial charge in [0.1, 0.15) is 0 Å². The van der Waals surface area contributed by atoms with Crippen LogP contribution in [0.3, 0.4) is 0 Å². The molecule has 0 fully saturated rings. The number of thiophene rings is 1. The Morgan fingerprint density at radius 3 is 1.94 bits per heavy atom. The molecule has 0 atom stereocenters. The van der Waals surface area contributed by atoms with Crippen LogP contribution in [0.25, 0.3) is 69.6 Å². The quantitative estimate of drug-likeness (QED) is 0.181. The number of rotatable bonds is 5. The summed E-state index contributed by atoms with van der Waals surface area (Å²) in [7, 11) is 0. The summed E-state index contributed by atoms with van der Waals surface area (Å²) < 4.78 is 5.02. The third kappa shape index (κ3) is 4.47. The Morgan fingerprint density at radius 1 is 0.429 bits per heavy atom. The van der Waals surface area contributed by atoms with Crippen LogP contribution in [0.2, 0.25) is 0 Å². The number of aromatic nitrogens is 1. The van der Waals surface area contributed by atoms with Gasteiger partial charge in [-0.1, -0.05) is 127 Å². The van der Waals surface area contributed by atoms with E-state index in [4.69, 9.17) is 0 Å². The molecule has 0 radical (unpaired) electrons. The van der Waals surface area contributed by atoms with Gasteiger partial charge in [0.15, 0.2) is 0 Å². The summed E-state index contributed by atoms with van der Waals surface area (Å²) in [4.78, 5) is 2.44. The topological polar surface area (TPSA) is 8.17 Å². The van der Waals surface area contributed by atoms with Crippen LogP contribution in [0.4, 0.5) is 17.1 Å². The summed E-state index contributed by atoms with van der Waals surface area (Å²) in [6.45, 7) is 0. The highest BCUT2D eigenvalue weighted by molar-refractivity contribution is 7.26. The number of nitrogens with zero attached hydrogens (tertiary/aromatic N) is 2. The van der Waals surface area contributed by atoms with Crippen LogP contribution in [0, 0.1) is 0 Å². The molecule has 2 aromatic heterocycles. The SMILES string of the molecule is c1ccc(-c2ccc(N(c3ccc4c(c3)sc3ccc5ccccc5c34)c3cccc4c5ccccc5n(-c5ccccc5)c34)cc2)cc1. The van der Waals surface area contributed by atoms with Crippen LogP contribution >= 0.6 is 11.3 Å². The number of benzene rings is 8. The van der Waals surface area contributed by atoms with Crippen molar-refractivity contribution in [2.45, 2.75) is 0 Å². The second kappa shape index (κ2) is 11.2. The molecular formula is C46H30N2S. The first-order chi connectivity index (χ1) is 24.3. The van der Waals surface area contributed by atoms with E-state index in [0.717, 1.165) is 22.7 Å². The third-order valence-corrected chi connectivity index (χ3v) is 10.9. The lowest BCUT2D eigenvalue weighted by molar-refractivity contribution is 1.17. The molecule has 2 heterocycles. The first-order valence-electron chi connectivity index (χ1n) is 16.7. The Balaban J connectivity index is 1.25. The molecule has 0 aliphatic carbocycles. The minimum atomic E-state index is 1.11. The summed E-state index contributed by atoms with van der Waals surface area (Å²) in [5, 5.41) is 7.71. The fourth-order valence-electron chi connectivity index (χ4n) is 7.56. The van der Waals surface area contributed by atoms with Crippen molar-refractivity contribution in [3.63, 3.8) is 0 Å². The zero-order valence-corrected chi connectivity index (χ0v) is 27.4. The van der Waals surface area contributed by atoms with Gasteiger partial charge in [-0.2, -0.15) is 0 Å². The lowest BCUT2D eigenvalue weighted by Crippen LogP contribution is -2.11. The summed E-state index contributed by atoms with van der Waals surface area (Å²) in [6, 6.07) is 66.1. The summed E-state index contributed by atoms with van der Waals surface area (Å²) in [6.07, 6.45) is 0. The second-order valence-corrected chi connectivity index (χ2v) is 13.6. The summed E-state index contributed by atoms with van der Waals surface area (Å²) in [5.41, 5.74) is 9.32. The molecule has 0 bridgehead atoms. The normalized spacial score (nSPS) is 11.7. The zero-order chi connectivity index (χ0) is 32.3. The maximum absolute atomic E-state index is 2.44. The predicted octanol–water partition coefficient (Wildman–Crippen LogP) is 13.4. The molecule has 0 saturated heterocycles. The molecule has 0 spiro atoms. The lowest BCUT2D eigenvalue weighted by Gasteiger charge is -2.27. The highest BCUT2D eigenvalue weighted by Crippen LogP contribution is 2.46. The van der Waals surface area contributed by atoms with Crippen molar-refractivity contribution in [1.29, 1.82) is 0 Å². The molecule has 0 saturated carbocycles. The molecule has 0 aliphatic heterocycles. The Morgan fingerprint density at radius 2 is 1.10 bits per heavy atom. The fourth-order valence-corrected chi connectivity index (χ4v) is 8.72. The van der Waals surface area contributed by atoms with E-state index in [-0.39, 0.29) is 0 Å². The highest BCUT2D eigenvalue weighted by Gasteiger charge is 2.22. The predicted molar refractivity (Wildman–Crippen MR) is 211 cm³/mol. The molecular weight excluding hydrogens is 613 g/mol. The van der Waals surface area contributed by atoms with Gasteiger partial charge in [0.25, 0.3) is 0 Å². The minimum absolute atomic E-state index is 1.11. The van der Waals surface area contributed by atoms with Gasteiger partial charge in [-0.25, -0.2) is 0 Å². The maximum Gasteiger partial charge on any atom is 0.0782 e. The molecule has 230 valence electrons. The van der Waals surface area contributed by atoms with Gasteiger partial charge in [-0.05, 0) is 76.5 Å². The number of hydrogen-bond donors (Lipinski definition) is 0. The summed E-state index contributed by atoms with van der Waals surface area (Å²) in [5.74, 6) is 0. The lowest BCUT2D eigenvalue weighted by atomic mass is 10.0. The zero-order valence-electron chi connectivity index (χ0n) is 26.6. The minimum Gasteiger partial charge on any atom is -0.308 e. The third-order valence-electron chi connectivity index (χ3n) is 9.76. The van der Waals surface area contributed by atoms with Crippen LogP contribution in [-0.2, 0) is 0 Å². The molecule has 0 N–H and O–H groups in total. The van der Waals surface area contributed by atoms with E-state index < -0.39 is 0 Å². The van der Waals surface area contributed by atoms with Crippen molar-refractivity contribution in [3.05, 3.63) is 182 Å². The van der Waals surface area contributed by atoms with Gasteiger partial charge in [-0.15, -0.1) is 11.3 Å². The molecule has 10 aromatic rings. The molecule has 49 heavy (non-hydrogen) atoms. The summed E-state index contributed by atoms with van der Waals surface area (Å²) >= 11 is 1.87. The number of hydrogen-bond acceptors (Lipinski definition) is 2. The second-order valence-electron chi connectivity index (χ2n) is 12.6. The van der Waals surface area contributed by atoms with Crippen molar-refractivity contribution < 1.29 is 0 Å². The van der Waals surface area contributed by atoms with Gasteiger partial charge in [0, 0.05) is 48.0 Å². The van der Waals surface area contributed by atoms with Crippen molar-refractivity contribution in [3.8, 4) is 16.8 Å². The Kier molecular flexibility index (Phi) is 6.39. The highest BCUT2D eigenvalue weighted by atomic mass is 32.1. The average molecular weight is 643 g/mol. The van der Waals surface area contributed by atoms with E-state index in [1.807, 2.05) is 11.3 Å². The van der Waals surface area contributed by atoms with Crippen LogP contribution in [0.15, 0.2) is 182 Å². The van der Waals surface area contributed by atoms with E-state index in [0.29, 0.717) is 0 Å². The van der Waals surface area contributed by atoms with Gasteiger partial charge < -0.3 is 9.47 Å². The smallest absolute Gasteiger partial charge is 0.0782 e. The van der Waals surface area contributed by atoms with E-state index in [2.05, 4.69) is 191 Å².